The summed E-state index contributed by atoms with van der Waals surface area (Å²) >= 11 is 0. The second-order valence-corrected chi connectivity index (χ2v) is 9.75. The summed E-state index contributed by atoms with van der Waals surface area (Å²) in [4.78, 5) is 19.6. The van der Waals surface area contributed by atoms with Crippen molar-refractivity contribution in [2.75, 3.05) is 11.4 Å². The average Bonchev–Trinajstić information content (AvgIpc) is 3.36. The van der Waals surface area contributed by atoms with Crippen LogP contribution in [0.1, 0.15) is 38.2 Å². The first-order valence-corrected chi connectivity index (χ1v) is 12.1. The average molecular weight is 438 g/mol. The molecular formula is C24H27N3O3S. The van der Waals surface area contributed by atoms with Gasteiger partial charge in [0.15, 0.2) is 0 Å². The molecule has 1 atom stereocenters. The monoisotopic (exact) mass is 437 g/mol. The highest BCUT2D eigenvalue weighted by Crippen LogP contribution is 2.40. The van der Waals surface area contributed by atoms with Gasteiger partial charge in [0.2, 0.25) is 15.9 Å². The SMILES string of the molecule is C=C(/C=C1/CC(C(=O)N2CCc3ccc(S(N)(=O)=O)cc32)C/C1=C/C)C1=NC=CCC1. The summed E-state index contributed by atoms with van der Waals surface area (Å²) in [7, 11) is -3.82. The molecule has 1 fully saturated rings. The maximum absolute atomic E-state index is 13.4. The maximum Gasteiger partial charge on any atom is 0.238 e. The van der Waals surface area contributed by atoms with Crippen molar-refractivity contribution in [3.63, 3.8) is 0 Å². The number of hydrogen-bond donors (Lipinski definition) is 1. The van der Waals surface area contributed by atoms with Crippen LogP contribution < -0.4 is 10.0 Å². The number of fused-ring (bicyclic) bond motifs is 1. The van der Waals surface area contributed by atoms with Gasteiger partial charge in [-0.1, -0.05) is 30.9 Å². The molecule has 0 radical (unpaired) electrons. The minimum atomic E-state index is -3.82. The third-order valence-corrected chi connectivity index (χ3v) is 7.10. The zero-order valence-electron chi connectivity index (χ0n) is 17.7. The van der Waals surface area contributed by atoms with Gasteiger partial charge in [-0.05, 0) is 73.4 Å². The summed E-state index contributed by atoms with van der Waals surface area (Å²) in [6.07, 6.45) is 11.9. The van der Waals surface area contributed by atoms with Crippen LogP contribution in [-0.2, 0) is 21.2 Å². The number of nitrogens with two attached hydrogens (primary N) is 1. The number of primary sulfonamides is 1. The Morgan fingerprint density at radius 3 is 2.71 bits per heavy atom. The van der Waals surface area contributed by atoms with E-state index in [1.165, 1.54) is 12.1 Å². The van der Waals surface area contributed by atoms with Gasteiger partial charge in [0, 0.05) is 30.1 Å². The number of amides is 1. The number of carbonyl (C=O) groups is 1. The molecule has 2 aliphatic heterocycles. The summed E-state index contributed by atoms with van der Waals surface area (Å²) in [6.45, 7) is 6.73. The van der Waals surface area contributed by atoms with E-state index < -0.39 is 10.0 Å². The Hall–Kier alpha value is -2.77. The quantitative estimate of drug-likeness (QED) is 0.776. The number of hydrogen-bond acceptors (Lipinski definition) is 4. The third-order valence-electron chi connectivity index (χ3n) is 6.19. The topological polar surface area (TPSA) is 92.8 Å². The summed E-state index contributed by atoms with van der Waals surface area (Å²) in [5.74, 6) is -0.154. The van der Waals surface area contributed by atoms with Crippen LogP contribution in [0.25, 0.3) is 0 Å². The second-order valence-electron chi connectivity index (χ2n) is 8.19. The van der Waals surface area contributed by atoms with E-state index in [1.54, 1.807) is 11.0 Å². The number of sulfonamides is 1. The zero-order chi connectivity index (χ0) is 22.2. The number of rotatable bonds is 4. The van der Waals surface area contributed by atoms with Crippen molar-refractivity contribution in [3.05, 3.63) is 71.5 Å². The van der Waals surface area contributed by atoms with Gasteiger partial charge < -0.3 is 4.90 Å². The normalized spacial score (nSPS) is 23.4. The molecule has 6 nitrogen and oxygen atoms in total. The summed E-state index contributed by atoms with van der Waals surface area (Å²) in [5, 5.41) is 5.29. The van der Waals surface area contributed by atoms with Gasteiger partial charge in [0.05, 0.1) is 4.90 Å². The molecule has 2 N–H and O–H groups in total. The molecule has 7 heteroatoms. The van der Waals surface area contributed by atoms with E-state index in [4.69, 9.17) is 5.14 Å². The van der Waals surface area contributed by atoms with Crippen LogP contribution in [0.4, 0.5) is 5.69 Å². The molecule has 162 valence electrons. The highest BCUT2D eigenvalue weighted by atomic mass is 32.2. The Morgan fingerprint density at radius 1 is 1.26 bits per heavy atom. The molecule has 1 saturated carbocycles. The van der Waals surface area contributed by atoms with E-state index in [2.05, 4.69) is 23.7 Å². The summed E-state index contributed by atoms with van der Waals surface area (Å²) < 4.78 is 23.5. The van der Waals surface area contributed by atoms with Crippen molar-refractivity contribution in [1.82, 2.24) is 0 Å². The van der Waals surface area contributed by atoms with Gasteiger partial charge in [-0.3, -0.25) is 9.79 Å². The number of nitrogens with zero attached hydrogens (tertiary/aromatic N) is 2. The van der Waals surface area contributed by atoms with E-state index in [1.807, 2.05) is 19.2 Å². The first-order valence-electron chi connectivity index (χ1n) is 10.5. The van der Waals surface area contributed by atoms with E-state index in [0.717, 1.165) is 40.8 Å². The molecule has 0 saturated heterocycles. The fraction of sp³-hybridized carbons (Fsp3) is 0.333. The lowest BCUT2D eigenvalue weighted by atomic mass is 10.0. The molecule has 4 rings (SSSR count). The van der Waals surface area contributed by atoms with Gasteiger partial charge in [0.25, 0.3) is 0 Å². The van der Waals surface area contributed by atoms with E-state index in [9.17, 15) is 13.2 Å². The third kappa shape index (κ3) is 4.34. The molecule has 0 aromatic heterocycles. The Kier molecular flexibility index (Phi) is 5.81. The van der Waals surface area contributed by atoms with Gasteiger partial charge in [-0.25, -0.2) is 13.6 Å². The molecule has 31 heavy (non-hydrogen) atoms. The standard InChI is InChI=1S/C24H27N3O3S/c1-3-17-13-20(14-19(17)12-16(2)22-6-4-5-10-26-22)24(28)27-11-9-18-7-8-21(15-23(18)27)31(25,29)30/h3,5,7-8,10,12,15,20H,2,4,6,9,11,13-14H2,1H3,(H2,25,29,30)/b17-3-,19-12-. The first-order chi connectivity index (χ1) is 14.8. The van der Waals surface area contributed by atoms with Crippen molar-refractivity contribution in [2.24, 2.45) is 16.0 Å². The smallest absolute Gasteiger partial charge is 0.238 e. The van der Waals surface area contributed by atoms with Crippen molar-refractivity contribution in [3.8, 4) is 0 Å². The Morgan fingerprint density at radius 2 is 2.03 bits per heavy atom. The van der Waals surface area contributed by atoms with Gasteiger partial charge in [-0.15, -0.1) is 0 Å². The number of benzene rings is 1. The molecule has 2 heterocycles. The lowest BCUT2D eigenvalue weighted by molar-refractivity contribution is -0.121. The predicted molar refractivity (Wildman–Crippen MR) is 123 cm³/mol. The summed E-state index contributed by atoms with van der Waals surface area (Å²) in [6, 6.07) is 4.78. The lowest BCUT2D eigenvalue weighted by Gasteiger charge is -2.21. The van der Waals surface area contributed by atoms with Gasteiger partial charge >= 0.3 is 0 Å². The minimum absolute atomic E-state index is 0.0246. The molecule has 1 aromatic rings. The van der Waals surface area contributed by atoms with Gasteiger partial charge in [-0.2, -0.15) is 0 Å². The zero-order valence-corrected chi connectivity index (χ0v) is 18.5. The highest BCUT2D eigenvalue weighted by molar-refractivity contribution is 7.89. The van der Waals surface area contributed by atoms with Crippen LogP contribution in [0.3, 0.4) is 0 Å². The molecule has 1 aliphatic carbocycles. The van der Waals surface area contributed by atoms with Crippen LogP contribution in [0.5, 0.6) is 0 Å². The molecule has 1 unspecified atom stereocenters. The fourth-order valence-electron chi connectivity index (χ4n) is 4.52. The first kappa shape index (κ1) is 21.5. The molecule has 0 spiro atoms. The van der Waals surface area contributed by atoms with Crippen LogP contribution >= 0.6 is 0 Å². The predicted octanol–water partition coefficient (Wildman–Crippen LogP) is 3.81. The summed E-state index contributed by atoms with van der Waals surface area (Å²) in [5.41, 5.74) is 5.80. The van der Waals surface area contributed by atoms with E-state index >= 15 is 0 Å². The Bertz CT molecular complexity index is 1170. The van der Waals surface area contributed by atoms with Crippen LogP contribution in [0, 0.1) is 5.92 Å². The highest BCUT2D eigenvalue weighted by Gasteiger charge is 2.35. The van der Waals surface area contributed by atoms with E-state index in [-0.39, 0.29) is 16.7 Å². The van der Waals surface area contributed by atoms with Crippen LogP contribution in [0.15, 0.2) is 75.8 Å². The van der Waals surface area contributed by atoms with Crippen molar-refractivity contribution < 1.29 is 13.2 Å². The lowest BCUT2D eigenvalue weighted by Crippen LogP contribution is -2.34. The number of anilines is 1. The molecular weight excluding hydrogens is 410 g/mol. The minimum Gasteiger partial charge on any atom is -0.312 e. The second kappa shape index (κ2) is 8.40. The maximum atomic E-state index is 13.4. The van der Waals surface area contributed by atoms with Crippen LogP contribution in [-0.4, -0.2) is 26.6 Å². The van der Waals surface area contributed by atoms with Crippen molar-refractivity contribution >= 4 is 27.3 Å². The molecule has 1 aromatic carbocycles. The number of allylic oxidation sites excluding steroid dienone is 6. The largest absolute Gasteiger partial charge is 0.312 e. The number of aliphatic imine (C=N–C) groups is 1. The molecule has 0 bridgehead atoms. The molecule has 3 aliphatic rings. The van der Waals surface area contributed by atoms with Crippen molar-refractivity contribution in [2.45, 2.75) is 43.9 Å². The van der Waals surface area contributed by atoms with E-state index in [0.29, 0.717) is 31.5 Å². The number of carbonyl (C=O) groups excluding carboxylic acids is 1. The Labute approximate surface area is 183 Å². The van der Waals surface area contributed by atoms with Crippen molar-refractivity contribution in [1.29, 1.82) is 0 Å². The molecule has 1 amide bonds. The fourth-order valence-corrected chi connectivity index (χ4v) is 5.05. The van der Waals surface area contributed by atoms with Crippen LogP contribution in [0.2, 0.25) is 0 Å². The Balaban J connectivity index is 1.56. The van der Waals surface area contributed by atoms with Gasteiger partial charge in [0.1, 0.15) is 0 Å².